The van der Waals surface area contributed by atoms with Crippen molar-refractivity contribution < 1.29 is 14.3 Å². The number of nitrogens with one attached hydrogen (secondary N) is 1. The number of carbonyl (C=O) groups is 2. The van der Waals surface area contributed by atoms with E-state index in [1.165, 1.54) is 0 Å². The highest BCUT2D eigenvalue weighted by molar-refractivity contribution is 6.00. The number of rotatable bonds is 5. The predicted octanol–water partition coefficient (Wildman–Crippen LogP) is 6.53. The third kappa shape index (κ3) is 5.30. The molecule has 1 N–H and O–H groups in total. The van der Waals surface area contributed by atoms with Gasteiger partial charge < -0.3 is 15.0 Å². The molecule has 1 saturated heterocycles. The molecule has 4 rings (SSSR count). The second kappa shape index (κ2) is 10.6. The SMILES string of the molecule is COc1cccc(C)c1C(=O)N1CCC[C@H](C(=O)Nc2cccc(C(C)(C)C)c2)[C@@H]1c1ccccc1. The van der Waals surface area contributed by atoms with Crippen LogP contribution in [0, 0.1) is 12.8 Å². The topological polar surface area (TPSA) is 58.6 Å². The fraction of sp³-hybridized carbons (Fsp3) is 0.355. The standard InChI is InChI=1S/C31H36N2O3/c1-21-12-9-18-26(36-5)27(21)30(35)33-19-11-17-25(28(33)22-13-7-6-8-14-22)29(34)32-24-16-10-15-23(20-24)31(2,3)4/h6-10,12-16,18,20,25,28H,11,17,19H2,1-5H3,(H,32,34)/t25-,28-/m0/s1. The van der Waals surface area contributed by atoms with Crippen LogP contribution in [0.25, 0.3) is 0 Å². The van der Waals surface area contributed by atoms with Crippen LogP contribution < -0.4 is 10.1 Å². The van der Waals surface area contributed by atoms with Gasteiger partial charge in [-0.3, -0.25) is 9.59 Å². The first-order valence-corrected chi connectivity index (χ1v) is 12.6. The Kier molecular flexibility index (Phi) is 7.48. The Morgan fingerprint density at radius 1 is 0.972 bits per heavy atom. The maximum atomic E-state index is 14.0. The number of methoxy groups -OCH3 is 1. The fourth-order valence-corrected chi connectivity index (χ4v) is 5.09. The molecular weight excluding hydrogens is 448 g/mol. The third-order valence-corrected chi connectivity index (χ3v) is 7.03. The third-order valence-electron chi connectivity index (χ3n) is 7.03. The summed E-state index contributed by atoms with van der Waals surface area (Å²) in [5.41, 5.74) is 4.29. The molecular formula is C31H36N2O3. The molecule has 3 aromatic rings. The number of piperidine rings is 1. The summed E-state index contributed by atoms with van der Waals surface area (Å²) >= 11 is 0. The van der Waals surface area contributed by atoms with Crippen molar-refractivity contribution in [3.8, 4) is 5.75 Å². The van der Waals surface area contributed by atoms with E-state index < -0.39 is 0 Å². The smallest absolute Gasteiger partial charge is 0.258 e. The highest BCUT2D eigenvalue weighted by atomic mass is 16.5. The molecule has 1 aliphatic rings. The summed E-state index contributed by atoms with van der Waals surface area (Å²) in [6, 6.07) is 23.2. The minimum Gasteiger partial charge on any atom is -0.496 e. The van der Waals surface area contributed by atoms with Gasteiger partial charge in [0.15, 0.2) is 0 Å². The van der Waals surface area contributed by atoms with E-state index in [0.717, 1.165) is 28.8 Å². The molecule has 1 fully saturated rings. The molecule has 2 amide bonds. The molecule has 0 spiro atoms. The minimum absolute atomic E-state index is 0.0199. The molecule has 3 aromatic carbocycles. The number of amides is 2. The Balaban J connectivity index is 1.69. The van der Waals surface area contributed by atoms with E-state index in [1.807, 2.05) is 78.6 Å². The number of aryl methyl sites for hydroxylation is 1. The van der Waals surface area contributed by atoms with Crippen LogP contribution in [0.4, 0.5) is 5.69 Å². The van der Waals surface area contributed by atoms with E-state index in [4.69, 9.17) is 4.74 Å². The lowest BCUT2D eigenvalue weighted by Gasteiger charge is -2.41. The lowest BCUT2D eigenvalue weighted by molar-refractivity contribution is -0.123. The number of anilines is 1. The molecule has 2 atom stereocenters. The first-order valence-electron chi connectivity index (χ1n) is 12.6. The quantitative estimate of drug-likeness (QED) is 0.448. The summed E-state index contributed by atoms with van der Waals surface area (Å²) < 4.78 is 5.54. The van der Waals surface area contributed by atoms with Crippen LogP contribution in [0.5, 0.6) is 5.75 Å². The first-order chi connectivity index (χ1) is 17.2. The largest absolute Gasteiger partial charge is 0.496 e. The number of likely N-dealkylation sites (tertiary alicyclic amines) is 1. The van der Waals surface area contributed by atoms with Crippen LogP contribution in [-0.4, -0.2) is 30.4 Å². The zero-order valence-electron chi connectivity index (χ0n) is 21.9. The second-order valence-corrected chi connectivity index (χ2v) is 10.6. The van der Waals surface area contributed by atoms with E-state index in [9.17, 15) is 9.59 Å². The highest BCUT2D eigenvalue weighted by Gasteiger charge is 2.40. The summed E-state index contributed by atoms with van der Waals surface area (Å²) in [7, 11) is 1.58. The van der Waals surface area contributed by atoms with E-state index in [0.29, 0.717) is 24.3 Å². The van der Waals surface area contributed by atoms with Crippen LogP contribution in [-0.2, 0) is 10.2 Å². The molecule has 36 heavy (non-hydrogen) atoms. The summed E-state index contributed by atoms with van der Waals surface area (Å²) in [6.45, 7) is 8.97. The lowest BCUT2D eigenvalue weighted by Crippen LogP contribution is -2.46. The first kappa shape index (κ1) is 25.5. The van der Waals surface area contributed by atoms with Crippen LogP contribution in [0.15, 0.2) is 72.8 Å². The number of hydrogen-bond acceptors (Lipinski definition) is 3. The van der Waals surface area contributed by atoms with Crippen LogP contribution in [0.1, 0.15) is 66.7 Å². The van der Waals surface area contributed by atoms with Crippen molar-refractivity contribution >= 4 is 17.5 Å². The average molecular weight is 485 g/mol. The molecule has 0 bridgehead atoms. The van der Waals surface area contributed by atoms with Crippen LogP contribution in [0.2, 0.25) is 0 Å². The van der Waals surface area contributed by atoms with Crippen molar-refractivity contribution in [2.75, 3.05) is 19.0 Å². The zero-order chi connectivity index (χ0) is 25.9. The fourth-order valence-electron chi connectivity index (χ4n) is 5.09. The summed E-state index contributed by atoms with van der Waals surface area (Å²) in [5.74, 6) is 0.00554. The number of carbonyl (C=O) groups excluding carboxylic acids is 2. The van der Waals surface area contributed by atoms with Gasteiger partial charge in [-0.1, -0.05) is 75.4 Å². The van der Waals surface area contributed by atoms with Crippen molar-refractivity contribution in [1.29, 1.82) is 0 Å². The van der Waals surface area contributed by atoms with Gasteiger partial charge in [-0.2, -0.15) is 0 Å². The Morgan fingerprint density at radius 3 is 2.39 bits per heavy atom. The summed E-state index contributed by atoms with van der Waals surface area (Å²) in [4.78, 5) is 29.6. The number of benzene rings is 3. The van der Waals surface area contributed by atoms with Crippen molar-refractivity contribution in [3.63, 3.8) is 0 Å². The van der Waals surface area contributed by atoms with Gasteiger partial charge in [0.1, 0.15) is 5.75 Å². The van der Waals surface area contributed by atoms with Gasteiger partial charge in [-0.25, -0.2) is 0 Å². The van der Waals surface area contributed by atoms with E-state index in [2.05, 4.69) is 32.2 Å². The van der Waals surface area contributed by atoms with Gasteiger partial charge in [0.2, 0.25) is 5.91 Å². The molecule has 0 aromatic heterocycles. The lowest BCUT2D eigenvalue weighted by atomic mass is 9.83. The van der Waals surface area contributed by atoms with Crippen LogP contribution in [0.3, 0.4) is 0 Å². The second-order valence-electron chi connectivity index (χ2n) is 10.6. The molecule has 0 unspecified atom stereocenters. The molecule has 5 heteroatoms. The van der Waals surface area contributed by atoms with Gasteiger partial charge in [0, 0.05) is 12.2 Å². The molecule has 0 saturated carbocycles. The molecule has 188 valence electrons. The zero-order valence-corrected chi connectivity index (χ0v) is 21.9. The Morgan fingerprint density at radius 2 is 1.69 bits per heavy atom. The molecule has 5 nitrogen and oxygen atoms in total. The van der Waals surface area contributed by atoms with Gasteiger partial charge in [-0.05, 0) is 60.1 Å². The summed E-state index contributed by atoms with van der Waals surface area (Å²) in [5, 5.41) is 3.16. The van der Waals surface area contributed by atoms with E-state index in [1.54, 1.807) is 7.11 Å². The van der Waals surface area contributed by atoms with Crippen molar-refractivity contribution in [1.82, 2.24) is 4.90 Å². The van der Waals surface area contributed by atoms with Crippen LogP contribution >= 0.6 is 0 Å². The number of hydrogen-bond donors (Lipinski definition) is 1. The Hall–Kier alpha value is -3.60. The monoisotopic (exact) mass is 484 g/mol. The van der Waals surface area contributed by atoms with Gasteiger partial charge in [0.05, 0.1) is 24.6 Å². The van der Waals surface area contributed by atoms with Gasteiger partial charge >= 0.3 is 0 Å². The molecule has 0 aliphatic carbocycles. The van der Waals surface area contributed by atoms with Crippen molar-refractivity contribution in [2.45, 2.75) is 52.0 Å². The number of ether oxygens (including phenoxy) is 1. The maximum Gasteiger partial charge on any atom is 0.258 e. The average Bonchev–Trinajstić information content (AvgIpc) is 2.87. The minimum atomic E-state index is -0.376. The maximum absolute atomic E-state index is 14.0. The normalized spacial score (nSPS) is 18.0. The Bertz CT molecular complexity index is 1230. The van der Waals surface area contributed by atoms with Crippen molar-refractivity contribution in [3.05, 3.63) is 95.1 Å². The predicted molar refractivity (Wildman–Crippen MR) is 144 cm³/mol. The Labute approximate surface area is 214 Å². The molecule has 1 aliphatic heterocycles. The van der Waals surface area contributed by atoms with E-state index >= 15 is 0 Å². The molecule has 0 radical (unpaired) electrons. The van der Waals surface area contributed by atoms with E-state index in [-0.39, 0.29) is 29.2 Å². The van der Waals surface area contributed by atoms with Crippen molar-refractivity contribution in [2.24, 2.45) is 5.92 Å². The summed E-state index contributed by atoms with van der Waals surface area (Å²) in [6.07, 6.45) is 1.46. The van der Waals surface area contributed by atoms with Gasteiger partial charge in [0.25, 0.3) is 5.91 Å². The molecule has 1 heterocycles. The highest BCUT2D eigenvalue weighted by Crippen LogP contribution is 2.39. The number of nitrogens with zero attached hydrogens (tertiary/aromatic N) is 1. The van der Waals surface area contributed by atoms with Gasteiger partial charge in [-0.15, -0.1) is 0 Å².